The molecule has 27 heavy (non-hydrogen) atoms. The van der Waals surface area contributed by atoms with E-state index in [4.69, 9.17) is 0 Å². The molecule has 0 aromatic heterocycles. The number of carbonyl (C=O) groups excluding carboxylic acids is 2. The molecule has 3 atom stereocenters. The molecular formula is C19H28ClN5O2. The van der Waals surface area contributed by atoms with Crippen molar-refractivity contribution in [2.75, 3.05) is 32.7 Å². The summed E-state index contributed by atoms with van der Waals surface area (Å²) in [7, 11) is 0. The maximum atomic E-state index is 13.0. The lowest BCUT2D eigenvalue weighted by atomic mass is 9.99. The molecule has 3 aliphatic heterocycles. The second kappa shape index (κ2) is 9.01. The van der Waals surface area contributed by atoms with Gasteiger partial charge in [-0.3, -0.25) is 9.59 Å². The number of halogens is 1. The van der Waals surface area contributed by atoms with E-state index >= 15 is 0 Å². The monoisotopic (exact) mass is 393 g/mol. The minimum Gasteiger partial charge on any atom is -0.339 e. The van der Waals surface area contributed by atoms with Crippen molar-refractivity contribution in [1.82, 2.24) is 26.0 Å². The first-order chi connectivity index (χ1) is 12.7. The van der Waals surface area contributed by atoms with Crippen LogP contribution in [0.5, 0.6) is 0 Å². The molecule has 2 amide bonds. The topological polar surface area (TPSA) is 76.7 Å². The minimum atomic E-state index is -0.210. The van der Waals surface area contributed by atoms with Crippen LogP contribution in [0, 0.1) is 0 Å². The fourth-order valence-electron chi connectivity index (χ4n) is 4.26. The Labute approximate surface area is 166 Å². The third-order valence-corrected chi connectivity index (χ3v) is 5.68. The van der Waals surface area contributed by atoms with Gasteiger partial charge in [-0.15, -0.1) is 12.4 Å². The van der Waals surface area contributed by atoms with Crippen LogP contribution in [0.25, 0.3) is 0 Å². The van der Waals surface area contributed by atoms with Crippen molar-refractivity contribution in [3.05, 3.63) is 35.9 Å². The number of carbonyl (C=O) groups is 2. The lowest BCUT2D eigenvalue weighted by molar-refractivity contribution is -0.141. The van der Waals surface area contributed by atoms with Crippen LogP contribution in [-0.2, 0) is 9.59 Å². The van der Waals surface area contributed by atoms with E-state index < -0.39 is 0 Å². The van der Waals surface area contributed by atoms with Gasteiger partial charge in [-0.2, -0.15) is 0 Å². The molecule has 0 radical (unpaired) electrons. The highest BCUT2D eigenvalue weighted by atomic mass is 35.5. The first-order valence-electron chi connectivity index (χ1n) is 9.57. The average Bonchev–Trinajstić information content (AvgIpc) is 3.19. The summed E-state index contributed by atoms with van der Waals surface area (Å²) in [5.41, 5.74) is 7.62. The zero-order valence-electron chi connectivity index (χ0n) is 15.4. The lowest BCUT2D eigenvalue weighted by Crippen LogP contribution is -2.59. The average molecular weight is 394 g/mol. The molecule has 8 heteroatoms. The van der Waals surface area contributed by atoms with E-state index in [-0.39, 0.29) is 42.3 Å². The van der Waals surface area contributed by atoms with Crippen molar-refractivity contribution in [3.63, 3.8) is 0 Å². The molecule has 0 saturated carbocycles. The second-order valence-electron chi connectivity index (χ2n) is 7.38. The SMILES string of the molecule is Cl.O=C(C1CC(c2ccccc2)NN1)N1CCCC(N2CCNCC2=O)C1. The standard InChI is InChI=1S/C19H27N5O2.ClH/c25-18-12-20-8-10-24(18)15-7-4-9-23(13-15)19(26)17-11-16(21-22-17)14-5-2-1-3-6-14;/h1-3,5-6,15-17,20-22H,4,7-13H2;1H. The van der Waals surface area contributed by atoms with Gasteiger partial charge in [0.1, 0.15) is 6.04 Å². The Morgan fingerprint density at radius 2 is 1.93 bits per heavy atom. The first-order valence-corrected chi connectivity index (χ1v) is 9.57. The number of benzene rings is 1. The Morgan fingerprint density at radius 3 is 2.70 bits per heavy atom. The minimum absolute atomic E-state index is 0. The highest BCUT2D eigenvalue weighted by Crippen LogP contribution is 2.24. The number of hydrazine groups is 1. The summed E-state index contributed by atoms with van der Waals surface area (Å²) in [6, 6.07) is 10.3. The van der Waals surface area contributed by atoms with E-state index in [2.05, 4.69) is 28.3 Å². The molecule has 3 aliphatic rings. The molecule has 7 nitrogen and oxygen atoms in total. The van der Waals surface area contributed by atoms with Gasteiger partial charge in [-0.25, -0.2) is 10.9 Å². The summed E-state index contributed by atoms with van der Waals surface area (Å²) in [5, 5.41) is 3.11. The van der Waals surface area contributed by atoms with Crippen molar-refractivity contribution >= 4 is 24.2 Å². The van der Waals surface area contributed by atoms with E-state index in [9.17, 15) is 9.59 Å². The number of piperazine rings is 1. The van der Waals surface area contributed by atoms with Gasteiger partial charge in [0, 0.05) is 38.3 Å². The lowest BCUT2D eigenvalue weighted by Gasteiger charge is -2.41. The quantitative estimate of drug-likeness (QED) is 0.694. The van der Waals surface area contributed by atoms with Gasteiger partial charge in [0.05, 0.1) is 6.54 Å². The molecule has 3 heterocycles. The number of nitrogens with zero attached hydrogens (tertiary/aromatic N) is 2. The molecule has 3 N–H and O–H groups in total. The summed E-state index contributed by atoms with van der Waals surface area (Å²) in [6.07, 6.45) is 2.69. The molecule has 3 fully saturated rings. The zero-order valence-corrected chi connectivity index (χ0v) is 16.2. The van der Waals surface area contributed by atoms with Crippen LogP contribution in [0.1, 0.15) is 30.9 Å². The van der Waals surface area contributed by atoms with Crippen LogP contribution < -0.4 is 16.2 Å². The van der Waals surface area contributed by atoms with Gasteiger partial charge < -0.3 is 15.1 Å². The third kappa shape index (κ3) is 4.43. The molecule has 3 unspecified atom stereocenters. The number of hydrogen-bond donors (Lipinski definition) is 3. The molecule has 4 rings (SSSR count). The van der Waals surface area contributed by atoms with E-state index in [0.717, 1.165) is 38.9 Å². The normalized spacial score (nSPS) is 28.7. The largest absolute Gasteiger partial charge is 0.339 e. The highest BCUT2D eigenvalue weighted by Gasteiger charge is 2.36. The zero-order chi connectivity index (χ0) is 17.9. The molecule has 3 saturated heterocycles. The predicted molar refractivity (Wildman–Crippen MR) is 105 cm³/mol. The van der Waals surface area contributed by atoms with E-state index in [1.807, 2.05) is 28.0 Å². The third-order valence-electron chi connectivity index (χ3n) is 5.68. The van der Waals surface area contributed by atoms with Gasteiger partial charge in [0.2, 0.25) is 11.8 Å². The maximum Gasteiger partial charge on any atom is 0.241 e. The fraction of sp³-hybridized carbons (Fsp3) is 0.579. The Kier molecular flexibility index (Phi) is 6.70. The number of amides is 2. The molecule has 0 aliphatic carbocycles. The van der Waals surface area contributed by atoms with Crippen LogP contribution >= 0.6 is 12.4 Å². The molecule has 0 spiro atoms. The number of nitrogens with one attached hydrogen (secondary N) is 3. The predicted octanol–water partition coefficient (Wildman–Crippen LogP) is 0.439. The van der Waals surface area contributed by atoms with Gasteiger partial charge in [-0.05, 0) is 24.8 Å². The van der Waals surface area contributed by atoms with Gasteiger partial charge in [0.25, 0.3) is 0 Å². The second-order valence-corrected chi connectivity index (χ2v) is 7.38. The molecule has 148 valence electrons. The summed E-state index contributed by atoms with van der Waals surface area (Å²) in [5.74, 6) is 0.295. The summed E-state index contributed by atoms with van der Waals surface area (Å²) in [4.78, 5) is 29.1. The Bertz CT molecular complexity index is 659. The fourth-order valence-corrected chi connectivity index (χ4v) is 4.26. The first kappa shape index (κ1) is 20.1. The molecule has 1 aromatic rings. The van der Waals surface area contributed by atoms with E-state index in [1.165, 1.54) is 5.56 Å². The Hall–Kier alpha value is -1.67. The van der Waals surface area contributed by atoms with E-state index in [0.29, 0.717) is 13.1 Å². The number of hydrogen-bond acceptors (Lipinski definition) is 5. The maximum absolute atomic E-state index is 13.0. The summed E-state index contributed by atoms with van der Waals surface area (Å²) in [6.45, 7) is 3.42. The number of piperidine rings is 1. The van der Waals surface area contributed by atoms with Crippen molar-refractivity contribution in [3.8, 4) is 0 Å². The van der Waals surface area contributed by atoms with Gasteiger partial charge in [0.15, 0.2) is 0 Å². The Morgan fingerprint density at radius 1 is 1.11 bits per heavy atom. The van der Waals surface area contributed by atoms with Crippen LogP contribution in [0.3, 0.4) is 0 Å². The van der Waals surface area contributed by atoms with Crippen molar-refractivity contribution in [2.45, 2.75) is 37.4 Å². The van der Waals surface area contributed by atoms with Crippen molar-refractivity contribution < 1.29 is 9.59 Å². The number of rotatable bonds is 3. The summed E-state index contributed by atoms with van der Waals surface area (Å²) >= 11 is 0. The van der Waals surface area contributed by atoms with Crippen LogP contribution in [-0.4, -0.2) is 66.4 Å². The van der Waals surface area contributed by atoms with Crippen molar-refractivity contribution in [1.29, 1.82) is 0 Å². The van der Waals surface area contributed by atoms with Gasteiger partial charge >= 0.3 is 0 Å². The van der Waals surface area contributed by atoms with Crippen LogP contribution in [0.15, 0.2) is 30.3 Å². The smallest absolute Gasteiger partial charge is 0.241 e. The highest BCUT2D eigenvalue weighted by molar-refractivity contribution is 5.85. The van der Waals surface area contributed by atoms with Crippen LogP contribution in [0.2, 0.25) is 0 Å². The van der Waals surface area contributed by atoms with Gasteiger partial charge in [-0.1, -0.05) is 30.3 Å². The Balaban J connectivity index is 0.00000210. The van der Waals surface area contributed by atoms with Crippen molar-refractivity contribution in [2.24, 2.45) is 0 Å². The molecular weight excluding hydrogens is 366 g/mol. The van der Waals surface area contributed by atoms with Crippen LogP contribution in [0.4, 0.5) is 0 Å². The number of likely N-dealkylation sites (tertiary alicyclic amines) is 1. The molecule has 0 bridgehead atoms. The molecule has 1 aromatic carbocycles. The summed E-state index contributed by atoms with van der Waals surface area (Å²) < 4.78 is 0. The van der Waals surface area contributed by atoms with E-state index in [1.54, 1.807) is 0 Å².